The maximum Gasteiger partial charge on any atom is 0.325 e. The van der Waals surface area contributed by atoms with Crippen LogP contribution in [-0.4, -0.2) is 41.7 Å². The van der Waals surface area contributed by atoms with E-state index in [-0.39, 0.29) is 0 Å². The summed E-state index contributed by atoms with van der Waals surface area (Å²) in [5.41, 5.74) is -1.31. The van der Waals surface area contributed by atoms with Crippen molar-refractivity contribution >= 4 is 29.4 Å². The van der Waals surface area contributed by atoms with Gasteiger partial charge in [-0.15, -0.1) is 0 Å². The summed E-state index contributed by atoms with van der Waals surface area (Å²) in [6, 6.07) is 9.37. The van der Waals surface area contributed by atoms with E-state index in [0.29, 0.717) is 24.5 Å². The predicted octanol–water partition coefficient (Wildman–Crippen LogP) is 2.41. The van der Waals surface area contributed by atoms with Crippen LogP contribution in [0.3, 0.4) is 0 Å². The van der Waals surface area contributed by atoms with Crippen molar-refractivity contribution in [1.29, 1.82) is 0 Å². The van der Waals surface area contributed by atoms with Gasteiger partial charge in [-0.1, -0.05) is 43.7 Å². The van der Waals surface area contributed by atoms with E-state index in [1.165, 1.54) is 0 Å². The molecule has 0 aromatic heterocycles. The third kappa shape index (κ3) is 4.81. The molecule has 0 saturated carbocycles. The number of rotatable bonds is 8. The van der Waals surface area contributed by atoms with Crippen LogP contribution >= 0.6 is 0 Å². The van der Waals surface area contributed by atoms with Gasteiger partial charge in [0.15, 0.2) is 17.5 Å². The van der Waals surface area contributed by atoms with Crippen molar-refractivity contribution in [2.24, 2.45) is 0 Å². The number of benzene rings is 2. The van der Waals surface area contributed by atoms with Gasteiger partial charge in [-0.05, 0) is 24.1 Å². The Bertz CT molecular complexity index is 1100. The largest absolute Gasteiger partial charge is 0.345 e. The second kappa shape index (κ2) is 9.72. The number of amides is 5. The first-order valence-electron chi connectivity index (χ1n) is 10.1. The minimum Gasteiger partial charge on any atom is -0.345 e. The number of urea groups is 1. The van der Waals surface area contributed by atoms with Crippen molar-refractivity contribution in [3.63, 3.8) is 0 Å². The molecule has 174 valence electrons. The van der Waals surface area contributed by atoms with E-state index >= 15 is 0 Å². The number of anilines is 1. The molecule has 1 aliphatic rings. The maximum atomic E-state index is 13.6. The highest BCUT2D eigenvalue weighted by atomic mass is 19.2. The van der Waals surface area contributed by atoms with E-state index in [1.54, 1.807) is 30.3 Å². The molecule has 1 atom stereocenters. The number of imide groups is 1. The number of nitrogens with one attached hydrogen (secondary N) is 3. The Labute approximate surface area is 187 Å². The first-order chi connectivity index (χ1) is 15.7. The van der Waals surface area contributed by atoms with Gasteiger partial charge >= 0.3 is 6.03 Å². The molecule has 1 fully saturated rings. The van der Waals surface area contributed by atoms with Crippen molar-refractivity contribution in [2.45, 2.75) is 25.3 Å². The van der Waals surface area contributed by atoms with Gasteiger partial charge in [-0.2, -0.15) is 0 Å². The van der Waals surface area contributed by atoms with Crippen molar-refractivity contribution in [1.82, 2.24) is 15.5 Å². The van der Waals surface area contributed by atoms with E-state index < -0.39 is 65.5 Å². The minimum atomic E-state index is -1.75. The summed E-state index contributed by atoms with van der Waals surface area (Å²) in [6.45, 7) is 0.559. The molecule has 0 aliphatic carbocycles. The van der Waals surface area contributed by atoms with Crippen LogP contribution in [0.25, 0.3) is 0 Å². The zero-order chi connectivity index (χ0) is 24.2. The highest BCUT2D eigenvalue weighted by molar-refractivity contribution is 6.09. The first kappa shape index (κ1) is 23.8. The van der Waals surface area contributed by atoms with E-state index in [0.717, 1.165) is 11.0 Å². The SMILES string of the molecule is CCC[C@]1(c2ccccc2)NC(=O)N(CC(=O)NCC(=O)Nc2ccc(F)c(F)c2F)C1=O. The Morgan fingerprint density at radius 3 is 2.36 bits per heavy atom. The van der Waals surface area contributed by atoms with Gasteiger partial charge in [-0.3, -0.25) is 19.3 Å². The molecular weight excluding hydrogens is 441 g/mol. The fraction of sp³-hybridized carbons (Fsp3) is 0.273. The number of hydrogen-bond acceptors (Lipinski definition) is 4. The van der Waals surface area contributed by atoms with Crippen LogP contribution in [0.2, 0.25) is 0 Å². The molecule has 5 amide bonds. The molecule has 3 N–H and O–H groups in total. The first-order valence-corrected chi connectivity index (χ1v) is 10.1. The third-order valence-electron chi connectivity index (χ3n) is 5.12. The monoisotopic (exact) mass is 462 g/mol. The second-order valence-electron chi connectivity index (χ2n) is 7.39. The van der Waals surface area contributed by atoms with Crippen LogP contribution in [0.5, 0.6) is 0 Å². The zero-order valence-electron chi connectivity index (χ0n) is 17.6. The minimum absolute atomic E-state index is 0.321. The highest BCUT2D eigenvalue weighted by Gasteiger charge is 2.52. The molecule has 0 radical (unpaired) electrons. The second-order valence-corrected chi connectivity index (χ2v) is 7.39. The van der Waals surface area contributed by atoms with Crippen LogP contribution in [0.15, 0.2) is 42.5 Å². The summed E-state index contributed by atoms with van der Waals surface area (Å²) in [5, 5.41) is 6.87. The summed E-state index contributed by atoms with van der Waals surface area (Å²) >= 11 is 0. The Hall–Kier alpha value is -3.89. The fourth-order valence-corrected chi connectivity index (χ4v) is 3.57. The lowest BCUT2D eigenvalue weighted by Crippen LogP contribution is -2.45. The third-order valence-corrected chi connectivity index (χ3v) is 5.12. The van der Waals surface area contributed by atoms with Gasteiger partial charge in [0.25, 0.3) is 5.91 Å². The fourth-order valence-electron chi connectivity index (χ4n) is 3.57. The summed E-state index contributed by atoms with van der Waals surface area (Å²) in [7, 11) is 0. The lowest BCUT2D eigenvalue weighted by molar-refractivity contribution is -0.135. The van der Waals surface area contributed by atoms with E-state index in [4.69, 9.17) is 0 Å². The normalized spacial score (nSPS) is 17.6. The standard InChI is InChI=1S/C22H21F3N4O4/c1-2-10-22(13-6-4-3-5-7-13)20(32)29(21(33)28-22)12-17(31)26-11-16(30)27-15-9-8-14(23)18(24)19(15)25/h3-9H,2,10-12H2,1H3,(H,26,31)(H,27,30)(H,28,33)/t22-/m1/s1. The van der Waals surface area contributed by atoms with E-state index in [9.17, 15) is 32.3 Å². The van der Waals surface area contributed by atoms with E-state index in [2.05, 4.69) is 10.6 Å². The smallest absolute Gasteiger partial charge is 0.325 e. The Morgan fingerprint density at radius 2 is 1.70 bits per heavy atom. The van der Waals surface area contributed by atoms with Gasteiger partial charge in [0.1, 0.15) is 12.1 Å². The zero-order valence-corrected chi connectivity index (χ0v) is 17.6. The van der Waals surface area contributed by atoms with Gasteiger partial charge in [0.2, 0.25) is 11.8 Å². The summed E-state index contributed by atoms with van der Waals surface area (Å²) in [5.74, 6) is -7.08. The average Bonchev–Trinajstić information content (AvgIpc) is 3.04. The molecular formula is C22H21F3N4O4. The number of halogens is 3. The van der Waals surface area contributed by atoms with Gasteiger partial charge < -0.3 is 16.0 Å². The lowest BCUT2D eigenvalue weighted by atomic mass is 9.85. The van der Waals surface area contributed by atoms with Crippen LogP contribution in [-0.2, 0) is 19.9 Å². The molecule has 11 heteroatoms. The molecule has 0 spiro atoms. The molecule has 3 rings (SSSR count). The molecule has 33 heavy (non-hydrogen) atoms. The highest BCUT2D eigenvalue weighted by Crippen LogP contribution is 2.33. The number of carbonyl (C=O) groups excluding carboxylic acids is 4. The summed E-state index contributed by atoms with van der Waals surface area (Å²) in [6.07, 6.45) is 0.906. The number of carbonyl (C=O) groups is 4. The van der Waals surface area contributed by atoms with Crippen molar-refractivity contribution in [2.75, 3.05) is 18.4 Å². The Kier molecular flexibility index (Phi) is 7.00. The van der Waals surface area contributed by atoms with Crippen molar-refractivity contribution in [3.05, 3.63) is 65.5 Å². The molecule has 0 bridgehead atoms. The van der Waals surface area contributed by atoms with Crippen molar-refractivity contribution in [3.8, 4) is 0 Å². The van der Waals surface area contributed by atoms with Gasteiger partial charge in [-0.25, -0.2) is 18.0 Å². The summed E-state index contributed by atoms with van der Waals surface area (Å²) in [4.78, 5) is 50.6. The topological polar surface area (TPSA) is 108 Å². The molecule has 2 aromatic carbocycles. The van der Waals surface area contributed by atoms with Crippen LogP contribution in [0.1, 0.15) is 25.3 Å². The van der Waals surface area contributed by atoms with Gasteiger partial charge in [0.05, 0.1) is 12.2 Å². The molecule has 1 saturated heterocycles. The molecule has 1 heterocycles. The van der Waals surface area contributed by atoms with E-state index in [1.807, 2.05) is 12.2 Å². The average molecular weight is 462 g/mol. The molecule has 2 aromatic rings. The lowest BCUT2D eigenvalue weighted by Gasteiger charge is -2.26. The van der Waals surface area contributed by atoms with Crippen molar-refractivity contribution < 1.29 is 32.3 Å². The maximum absolute atomic E-state index is 13.6. The van der Waals surface area contributed by atoms with Crippen LogP contribution in [0.4, 0.5) is 23.7 Å². The summed E-state index contributed by atoms with van der Waals surface area (Å²) < 4.78 is 39.9. The quantitative estimate of drug-likeness (QED) is 0.414. The molecule has 8 nitrogen and oxygen atoms in total. The molecule has 0 unspecified atom stereocenters. The molecule has 1 aliphatic heterocycles. The number of hydrogen-bond donors (Lipinski definition) is 3. The van der Waals surface area contributed by atoms with Crippen LogP contribution in [0, 0.1) is 17.5 Å². The van der Waals surface area contributed by atoms with Crippen LogP contribution < -0.4 is 16.0 Å². The Balaban J connectivity index is 1.62. The number of nitrogens with zero attached hydrogens (tertiary/aromatic N) is 1. The Morgan fingerprint density at radius 1 is 1.00 bits per heavy atom. The predicted molar refractivity (Wildman–Crippen MR) is 111 cm³/mol. The van der Waals surface area contributed by atoms with Gasteiger partial charge in [0, 0.05) is 0 Å².